The van der Waals surface area contributed by atoms with Crippen LogP contribution in [0, 0.1) is 6.92 Å². The number of ketones is 1. The van der Waals surface area contributed by atoms with Crippen LogP contribution in [0.1, 0.15) is 16.1 Å². The molecule has 0 unspecified atom stereocenters. The SMILES string of the molecule is C=CCn1c(SCC(=O)c2ccc(Oc3ccccc3)cc2)nnc1-c1ccoc1C. The van der Waals surface area contributed by atoms with Crippen molar-refractivity contribution in [3.05, 3.63) is 90.9 Å². The van der Waals surface area contributed by atoms with Crippen LogP contribution in [0.5, 0.6) is 11.5 Å². The Morgan fingerprint density at radius 2 is 1.84 bits per heavy atom. The Bertz CT molecular complexity index is 1180. The molecule has 2 heterocycles. The average molecular weight is 432 g/mol. The molecular weight excluding hydrogens is 410 g/mol. The van der Waals surface area contributed by atoms with Crippen molar-refractivity contribution >= 4 is 17.5 Å². The summed E-state index contributed by atoms with van der Waals surface area (Å²) >= 11 is 1.35. The van der Waals surface area contributed by atoms with Gasteiger partial charge in [-0.1, -0.05) is 36.0 Å². The van der Waals surface area contributed by atoms with Crippen molar-refractivity contribution in [2.45, 2.75) is 18.6 Å². The van der Waals surface area contributed by atoms with Gasteiger partial charge in [-0.05, 0) is 49.4 Å². The van der Waals surface area contributed by atoms with E-state index in [-0.39, 0.29) is 11.5 Å². The first-order valence-electron chi connectivity index (χ1n) is 9.73. The van der Waals surface area contributed by atoms with Gasteiger partial charge in [0.2, 0.25) is 0 Å². The Kier molecular flexibility index (Phi) is 6.33. The van der Waals surface area contributed by atoms with Crippen LogP contribution in [-0.2, 0) is 6.54 Å². The van der Waals surface area contributed by atoms with Gasteiger partial charge >= 0.3 is 0 Å². The number of aryl methyl sites for hydroxylation is 1. The number of ether oxygens (including phenoxy) is 1. The molecule has 0 spiro atoms. The van der Waals surface area contributed by atoms with Crippen molar-refractivity contribution < 1.29 is 13.9 Å². The van der Waals surface area contributed by atoms with Crippen LogP contribution in [0.2, 0.25) is 0 Å². The van der Waals surface area contributed by atoms with Crippen molar-refractivity contribution in [3.63, 3.8) is 0 Å². The summed E-state index contributed by atoms with van der Waals surface area (Å²) in [6.45, 7) is 6.23. The van der Waals surface area contributed by atoms with E-state index in [0.29, 0.717) is 28.8 Å². The Balaban J connectivity index is 1.43. The molecule has 0 amide bonds. The van der Waals surface area contributed by atoms with Crippen LogP contribution in [0.4, 0.5) is 0 Å². The maximum Gasteiger partial charge on any atom is 0.192 e. The molecule has 2 aromatic heterocycles. The van der Waals surface area contributed by atoms with E-state index in [4.69, 9.17) is 9.15 Å². The number of carbonyl (C=O) groups is 1. The summed E-state index contributed by atoms with van der Waals surface area (Å²) in [5.41, 5.74) is 1.50. The Morgan fingerprint density at radius 1 is 1.10 bits per heavy atom. The van der Waals surface area contributed by atoms with Crippen LogP contribution in [0.25, 0.3) is 11.4 Å². The van der Waals surface area contributed by atoms with Crippen molar-refractivity contribution in [3.8, 4) is 22.9 Å². The van der Waals surface area contributed by atoms with E-state index >= 15 is 0 Å². The van der Waals surface area contributed by atoms with Gasteiger partial charge in [0.15, 0.2) is 16.8 Å². The van der Waals surface area contributed by atoms with Crippen LogP contribution in [0.15, 0.2) is 89.2 Å². The second-order valence-corrected chi connectivity index (χ2v) is 7.69. The molecular formula is C24H21N3O3S. The standard InChI is InChI=1S/C24H21N3O3S/c1-3-14-27-23(21-13-15-29-17(21)2)25-26-24(27)31-16-22(28)18-9-11-20(12-10-18)30-19-7-5-4-6-8-19/h3-13,15H,1,14,16H2,2H3. The number of allylic oxidation sites excluding steroid dienone is 1. The third kappa shape index (κ3) is 4.78. The zero-order valence-corrected chi connectivity index (χ0v) is 17.8. The number of hydrogen-bond acceptors (Lipinski definition) is 6. The Hall–Kier alpha value is -3.58. The van der Waals surface area contributed by atoms with E-state index in [2.05, 4.69) is 16.8 Å². The van der Waals surface area contributed by atoms with Gasteiger partial charge in [0, 0.05) is 12.1 Å². The number of thioether (sulfide) groups is 1. The third-order valence-electron chi connectivity index (χ3n) is 4.62. The minimum atomic E-state index is 0.00505. The fourth-order valence-corrected chi connectivity index (χ4v) is 3.89. The van der Waals surface area contributed by atoms with E-state index in [1.807, 2.05) is 47.9 Å². The zero-order valence-electron chi connectivity index (χ0n) is 17.0. The molecule has 0 fully saturated rings. The number of rotatable bonds is 9. The van der Waals surface area contributed by atoms with E-state index < -0.39 is 0 Å². The smallest absolute Gasteiger partial charge is 0.192 e. The van der Waals surface area contributed by atoms with Gasteiger partial charge in [-0.3, -0.25) is 9.36 Å². The number of hydrogen-bond donors (Lipinski definition) is 0. The molecule has 4 aromatic rings. The largest absolute Gasteiger partial charge is 0.469 e. The van der Waals surface area contributed by atoms with Gasteiger partial charge in [0.05, 0.1) is 17.6 Å². The lowest BCUT2D eigenvalue weighted by Crippen LogP contribution is -2.05. The molecule has 7 heteroatoms. The van der Waals surface area contributed by atoms with Crippen molar-refractivity contribution in [2.75, 3.05) is 5.75 Å². The van der Waals surface area contributed by atoms with Crippen molar-refractivity contribution in [1.82, 2.24) is 14.8 Å². The summed E-state index contributed by atoms with van der Waals surface area (Å²) in [7, 11) is 0. The number of furan rings is 1. The molecule has 0 saturated carbocycles. The molecule has 0 radical (unpaired) electrons. The normalized spacial score (nSPS) is 10.7. The van der Waals surface area contributed by atoms with Crippen LogP contribution in [-0.4, -0.2) is 26.3 Å². The fraction of sp³-hybridized carbons (Fsp3) is 0.125. The second kappa shape index (κ2) is 9.49. The first-order chi connectivity index (χ1) is 15.2. The summed E-state index contributed by atoms with van der Waals surface area (Å²) in [5.74, 6) is 3.15. The number of aromatic nitrogens is 3. The van der Waals surface area contributed by atoms with Gasteiger partial charge in [-0.2, -0.15) is 0 Å². The summed E-state index contributed by atoms with van der Waals surface area (Å²) in [6.07, 6.45) is 3.40. The molecule has 0 aliphatic heterocycles. The highest BCUT2D eigenvalue weighted by molar-refractivity contribution is 7.99. The lowest BCUT2D eigenvalue weighted by Gasteiger charge is -2.08. The summed E-state index contributed by atoms with van der Waals surface area (Å²) in [4.78, 5) is 12.7. The third-order valence-corrected chi connectivity index (χ3v) is 5.58. The molecule has 0 N–H and O–H groups in total. The predicted molar refractivity (Wildman–Crippen MR) is 121 cm³/mol. The molecule has 4 rings (SSSR count). The number of nitrogens with zero attached hydrogens (tertiary/aromatic N) is 3. The average Bonchev–Trinajstić information content (AvgIpc) is 3.39. The second-order valence-electron chi connectivity index (χ2n) is 6.75. The maximum absolute atomic E-state index is 12.7. The molecule has 0 atom stereocenters. The first-order valence-corrected chi connectivity index (χ1v) is 10.7. The minimum Gasteiger partial charge on any atom is -0.469 e. The molecule has 156 valence electrons. The van der Waals surface area contributed by atoms with E-state index in [9.17, 15) is 4.79 Å². The predicted octanol–water partition coefficient (Wildman–Crippen LogP) is 5.80. The van der Waals surface area contributed by atoms with Crippen LogP contribution < -0.4 is 4.74 Å². The van der Waals surface area contributed by atoms with Gasteiger partial charge < -0.3 is 9.15 Å². The maximum atomic E-state index is 12.7. The summed E-state index contributed by atoms with van der Waals surface area (Å²) < 4.78 is 13.1. The van der Waals surface area contributed by atoms with E-state index in [1.165, 1.54) is 11.8 Å². The topological polar surface area (TPSA) is 70.2 Å². The van der Waals surface area contributed by atoms with Crippen LogP contribution >= 0.6 is 11.8 Å². The zero-order chi connectivity index (χ0) is 21.6. The quantitative estimate of drug-likeness (QED) is 0.189. The number of benzene rings is 2. The van der Waals surface area contributed by atoms with Crippen molar-refractivity contribution in [2.24, 2.45) is 0 Å². The Morgan fingerprint density at radius 3 is 2.52 bits per heavy atom. The summed E-state index contributed by atoms with van der Waals surface area (Å²) in [5, 5.41) is 9.23. The highest BCUT2D eigenvalue weighted by Crippen LogP contribution is 2.28. The number of para-hydroxylation sites is 1. The van der Waals surface area contributed by atoms with Gasteiger partial charge in [0.25, 0.3) is 0 Å². The van der Waals surface area contributed by atoms with E-state index in [0.717, 1.165) is 17.1 Å². The molecule has 6 nitrogen and oxygen atoms in total. The number of Topliss-reactive ketones (excluding diaryl/α,β-unsaturated/α-hetero) is 1. The molecule has 2 aromatic carbocycles. The first kappa shape index (κ1) is 20.7. The fourth-order valence-electron chi connectivity index (χ4n) is 3.05. The van der Waals surface area contributed by atoms with Gasteiger partial charge in [-0.15, -0.1) is 16.8 Å². The summed E-state index contributed by atoms with van der Waals surface area (Å²) in [6, 6.07) is 18.5. The van der Waals surface area contributed by atoms with Crippen molar-refractivity contribution in [1.29, 1.82) is 0 Å². The lowest BCUT2D eigenvalue weighted by atomic mass is 10.1. The molecule has 0 bridgehead atoms. The highest BCUT2D eigenvalue weighted by Gasteiger charge is 2.18. The van der Waals surface area contributed by atoms with Crippen LogP contribution in [0.3, 0.4) is 0 Å². The minimum absolute atomic E-state index is 0.00505. The van der Waals surface area contributed by atoms with Gasteiger partial charge in [0.1, 0.15) is 17.3 Å². The Labute approximate surface area is 184 Å². The monoisotopic (exact) mass is 431 g/mol. The molecule has 31 heavy (non-hydrogen) atoms. The molecule has 0 saturated heterocycles. The van der Waals surface area contributed by atoms with Gasteiger partial charge in [-0.25, -0.2) is 0 Å². The lowest BCUT2D eigenvalue weighted by molar-refractivity contribution is 0.102. The molecule has 0 aliphatic rings. The number of carbonyl (C=O) groups excluding carboxylic acids is 1. The molecule has 0 aliphatic carbocycles. The highest BCUT2D eigenvalue weighted by atomic mass is 32.2. The van der Waals surface area contributed by atoms with E-state index in [1.54, 1.807) is 36.6 Å².